The second kappa shape index (κ2) is 12.8. The molecule has 0 amide bonds. The molecule has 0 aromatic rings. The minimum absolute atomic E-state index is 0.369. The van der Waals surface area contributed by atoms with Gasteiger partial charge in [-0.05, 0) is 13.3 Å². The maximum atomic E-state index is 10.7. The van der Waals surface area contributed by atoms with Crippen LogP contribution in [0.4, 0.5) is 0 Å². The summed E-state index contributed by atoms with van der Waals surface area (Å²) >= 11 is 0. The van der Waals surface area contributed by atoms with Crippen LogP contribution in [-0.2, 0) is 23.7 Å². The number of methoxy groups -OCH3 is 1. The van der Waals surface area contributed by atoms with Crippen LogP contribution in [0.1, 0.15) is 19.8 Å². The zero-order valence-corrected chi connectivity index (χ0v) is 11.2. The summed E-state index contributed by atoms with van der Waals surface area (Å²) in [7, 11) is 1.63. The van der Waals surface area contributed by atoms with E-state index in [1.54, 1.807) is 14.0 Å². The highest BCUT2D eigenvalue weighted by Crippen LogP contribution is 2.00. The van der Waals surface area contributed by atoms with Crippen molar-refractivity contribution in [3.63, 3.8) is 0 Å². The monoisotopic (exact) mass is 264 g/mol. The number of aliphatic carboxylic acids is 1. The summed E-state index contributed by atoms with van der Waals surface area (Å²) in [6, 6.07) is 0. The third-order valence-electron chi connectivity index (χ3n) is 2.18. The molecule has 0 fully saturated rings. The van der Waals surface area contributed by atoms with Gasteiger partial charge in [-0.1, -0.05) is 0 Å². The first-order chi connectivity index (χ1) is 8.72. The highest BCUT2D eigenvalue weighted by Gasteiger charge is 2.16. The second-order valence-electron chi connectivity index (χ2n) is 3.64. The predicted octanol–water partition coefficient (Wildman–Crippen LogP) is 0.936. The summed E-state index contributed by atoms with van der Waals surface area (Å²) in [5.41, 5.74) is 0. The van der Waals surface area contributed by atoms with E-state index in [9.17, 15) is 4.79 Å². The lowest BCUT2D eigenvalue weighted by Crippen LogP contribution is -2.25. The van der Waals surface area contributed by atoms with Crippen molar-refractivity contribution in [3.8, 4) is 0 Å². The van der Waals surface area contributed by atoms with Gasteiger partial charge in [-0.3, -0.25) is 0 Å². The van der Waals surface area contributed by atoms with Crippen molar-refractivity contribution < 1.29 is 28.8 Å². The van der Waals surface area contributed by atoms with E-state index in [-0.39, 0.29) is 0 Å². The molecule has 0 aliphatic rings. The van der Waals surface area contributed by atoms with Crippen molar-refractivity contribution in [2.45, 2.75) is 25.9 Å². The van der Waals surface area contributed by atoms with Crippen LogP contribution in [0, 0.1) is 0 Å². The Balaban J connectivity index is 3.30. The van der Waals surface area contributed by atoms with Crippen LogP contribution in [0.3, 0.4) is 0 Å². The minimum Gasteiger partial charge on any atom is -0.479 e. The lowest BCUT2D eigenvalue weighted by molar-refractivity contribution is -0.151. The summed E-state index contributed by atoms with van der Waals surface area (Å²) in [4.78, 5) is 10.7. The van der Waals surface area contributed by atoms with E-state index in [0.717, 1.165) is 6.42 Å². The molecule has 0 aromatic heterocycles. The van der Waals surface area contributed by atoms with Crippen molar-refractivity contribution in [1.82, 2.24) is 0 Å². The molecule has 1 atom stereocenters. The normalized spacial score (nSPS) is 12.6. The summed E-state index contributed by atoms with van der Waals surface area (Å²) in [5, 5.41) is 8.82. The van der Waals surface area contributed by atoms with Crippen LogP contribution < -0.4 is 0 Å². The Hall–Kier alpha value is -0.690. The zero-order chi connectivity index (χ0) is 13.6. The van der Waals surface area contributed by atoms with Gasteiger partial charge in [-0.15, -0.1) is 0 Å². The van der Waals surface area contributed by atoms with Gasteiger partial charge in [0.2, 0.25) is 0 Å². The molecule has 1 N–H and O–H groups in total. The van der Waals surface area contributed by atoms with Crippen molar-refractivity contribution >= 4 is 5.97 Å². The maximum absolute atomic E-state index is 10.7. The Morgan fingerprint density at radius 2 is 1.78 bits per heavy atom. The van der Waals surface area contributed by atoms with Crippen LogP contribution in [0.25, 0.3) is 0 Å². The average molecular weight is 264 g/mol. The summed E-state index contributed by atoms with van der Waals surface area (Å²) in [5.74, 6) is -0.941. The highest BCUT2D eigenvalue weighted by molar-refractivity contribution is 5.72. The largest absolute Gasteiger partial charge is 0.479 e. The molecular formula is C12H24O6. The predicted molar refractivity (Wildman–Crippen MR) is 65.8 cm³/mol. The van der Waals surface area contributed by atoms with E-state index in [2.05, 4.69) is 0 Å². The quantitative estimate of drug-likeness (QED) is 0.499. The first-order valence-corrected chi connectivity index (χ1v) is 6.21. The first-order valence-electron chi connectivity index (χ1n) is 6.21. The summed E-state index contributed by atoms with van der Waals surface area (Å²) < 4.78 is 20.5. The first kappa shape index (κ1) is 17.3. The molecule has 0 aromatic carbocycles. The molecule has 6 nitrogen and oxygen atoms in total. The molecule has 18 heavy (non-hydrogen) atoms. The van der Waals surface area contributed by atoms with Crippen molar-refractivity contribution in [2.24, 2.45) is 0 Å². The molecule has 0 heterocycles. The number of hydrogen-bond acceptors (Lipinski definition) is 5. The van der Waals surface area contributed by atoms with E-state index < -0.39 is 12.1 Å². The Morgan fingerprint density at radius 1 is 1.11 bits per heavy atom. The second-order valence-corrected chi connectivity index (χ2v) is 3.64. The van der Waals surface area contributed by atoms with Gasteiger partial charge in [-0.2, -0.15) is 0 Å². The Bertz CT molecular complexity index is 197. The van der Waals surface area contributed by atoms with Crippen molar-refractivity contribution in [1.29, 1.82) is 0 Å². The SMILES string of the molecule is CCOC(CCOCCCOCCOC)C(=O)O. The Kier molecular flexibility index (Phi) is 12.3. The number of hydrogen-bond donors (Lipinski definition) is 1. The highest BCUT2D eigenvalue weighted by atomic mass is 16.5. The average Bonchev–Trinajstić information content (AvgIpc) is 2.35. The van der Waals surface area contributed by atoms with Gasteiger partial charge in [0.05, 0.1) is 13.2 Å². The van der Waals surface area contributed by atoms with Gasteiger partial charge in [0.1, 0.15) is 0 Å². The summed E-state index contributed by atoms with van der Waals surface area (Å²) in [6.07, 6.45) is 0.386. The van der Waals surface area contributed by atoms with E-state index in [1.807, 2.05) is 0 Å². The van der Waals surface area contributed by atoms with E-state index in [4.69, 9.17) is 24.1 Å². The van der Waals surface area contributed by atoms with Gasteiger partial charge in [0.15, 0.2) is 6.10 Å². The van der Waals surface area contributed by atoms with Crippen LogP contribution >= 0.6 is 0 Å². The third kappa shape index (κ3) is 10.5. The standard InChI is InChI=1S/C12H24O6/c1-3-18-11(12(13)14)5-8-16-6-4-7-17-10-9-15-2/h11H,3-10H2,1-2H3,(H,13,14). The lowest BCUT2D eigenvalue weighted by Gasteiger charge is -2.12. The number of carboxylic acid groups (broad SMARTS) is 1. The smallest absolute Gasteiger partial charge is 0.332 e. The van der Waals surface area contributed by atoms with E-state index in [0.29, 0.717) is 46.1 Å². The van der Waals surface area contributed by atoms with Crippen molar-refractivity contribution in [3.05, 3.63) is 0 Å². The van der Waals surface area contributed by atoms with Crippen LogP contribution in [0.15, 0.2) is 0 Å². The lowest BCUT2D eigenvalue weighted by atomic mass is 10.2. The molecule has 0 spiro atoms. The third-order valence-corrected chi connectivity index (χ3v) is 2.18. The molecule has 0 aliphatic carbocycles. The molecule has 0 rings (SSSR count). The zero-order valence-electron chi connectivity index (χ0n) is 11.2. The number of ether oxygens (including phenoxy) is 4. The van der Waals surface area contributed by atoms with E-state index in [1.165, 1.54) is 0 Å². The fraction of sp³-hybridized carbons (Fsp3) is 0.917. The Labute approximate surface area is 108 Å². The van der Waals surface area contributed by atoms with Gasteiger partial charge in [-0.25, -0.2) is 4.79 Å². The van der Waals surface area contributed by atoms with Crippen LogP contribution in [0.2, 0.25) is 0 Å². The molecule has 0 bridgehead atoms. The fourth-order valence-corrected chi connectivity index (χ4v) is 1.28. The molecule has 0 aliphatic heterocycles. The molecule has 108 valence electrons. The Morgan fingerprint density at radius 3 is 2.33 bits per heavy atom. The molecule has 0 radical (unpaired) electrons. The van der Waals surface area contributed by atoms with Gasteiger partial charge in [0, 0.05) is 40.0 Å². The van der Waals surface area contributed by atoms with Crippen molar-refractivity contribution in [2.75, 3.05) is 46.8 Å². The number of carbonyl (C=O) groups is 1. The molecule has 0 saturated carbocycles. The number of carboxylic acids is 1. The van der Waals surface area contributed by atoms with Gasteiger partial charge >= 0.3 is 5.97 Å². The fourth-order valence-electron chi connectivity index (χ4n) is 1.28. The van der Waals surface area contributed by atoms with Crippen LogP contribution in [0.5, 0.6) is 0 Å². The molecular weight excluding hydrogens is 240 g/mol. The summed E-state index contributed by atoms with van der Waals surface area (Å²) in [6.45, 7) is 4.91. The van der Waals surface area contributed by atoms with Crippen LogP contribution in [-0.4, -0.2) is 63.9 Å². The molecule has 6 heteroatoms. The van der Waals surface area contributed by atoms with Gasteiger partial charge in [0.25, 0.3) is 0 Å². The van der Waals surface area contributed by atoms with Gasteiger partial charge < -0.3 is 24.1 Å². The molecule has 1 unspecified atom stereocenters. The van der Waals surface area contributed by atoms with E-state index >= 15 is 0 Å². The topological polar surface area (TPSA) is 74.2 Å². The maximum Gasteiger partial charge on any atom is 0.332 e. The number of rotatable bonds is 13. The minimum atomic E-state index is -0.941. The molecule has 0 saturated heterocycles.